The molecule has 1 unspecified atom stereocenters. The van der Waals surface area contributed by atoms with Gasteiger partial charge in [-0.15, -0.1) is 0 Å². The summed E-state index contributed by atoms with van der Waals surface area (Å²) < 4.78 is 4.99. The Morgan fingerprint density at radius 2 is 2.29 bits per heavy atom. The molecule has 0 radical (unpaired) electrons. The van der Waals surface area contributed by atoms with Crippen molar-refractivity contribution in [3.63, 3.8) is 0 Å². The van der Waals surface area contributed by atoms with Crippen LogP contribution in [0.5, 0.6) is 0 Å². The maximum absolute atomic E-state index is 11.4. The normalized spacial score (nSPS) is 21.9. The number of carbonyl (C=O) groups excluding carboxylic acids is 2. The zero-order chi connectivity index (χ0) is 10.7. The zero-order valence-electron chi connectivity index (χ0n) is 8.95. The standard InChI is InChI=1S/C10H17NO3/c1-7(2)5-11-6-9(4-10(11)13)14-8(3)12/h7,9H,4-6H2,1-3H3. The van der Waals surface area contributed by atoms with Gasteiger partial charge in [0.1, 0.15) is 6.10 Å². The van der Waals surface area contributed by atoms with Gasteiger partial charge in [0.25, 0.3) is 0 Å². The minimum atomic E-state index is -0.311. The lowest BCUT2D eigenvalue weighted by Gasteiger charge is -2.18. The summed E-state index contributed by atoms with van der Waals surface area (Å²) in [6, 6.07) is 0. The predicted molar refractivity (Wildman–Crippen MR) is 51.6 cm³/mol. The second kappa shape index (κ2) is 4.44. The Bertz CT molecular complexity index is 238. The van der Waals surface area contributed by atoms with E-state index >= 15 is 0 Å². The molecular weight excluding hydrogens is 182 g/mol. The van der Waals surface area contributed by atoms with E-state index in [1.807, 2.05) is 0 Å². The van der Waals surface area contributed by atoms with Crippen LogP contribution in [-0.2, 0) is 14.3 Å². The van der Waals surface area contributed by atoms with E-state index in [1.54, 1.807) is 4.90 Å². The number of nitrogens with zero attached hydrogens (tertiary/aromatic N) is 1. The van der Waals surface area contributed by atoms with Crippen molar-refractivity contribution in [2.45, 2.75) is 33.3 Å². The SMILES string of the molecule is CC(=O)OC1CC(=O)N(CC(C)C)C1. The van der Waals surface area contributed by atoms with Gasteiger partial charge in [0.15, 0.2) is 0 Å². The molecule has 4 heteroatoms. The Hall–Kier alpha value is -1.06. The lowest BCUT2D eigenvalue weighted by molar-refractivity contribution is -0.145. The van der Waals surface area contributed by atoms with Crippen LogP contribution in [0.4, 0.5) is 0 Å². The number of rotatable bonds is 3. The summed E-state index contributed by atoms with van der Waals surface area (Å²) in [5.74, 6) is 0.231. The summed E-state index contributed by atoms with van der Waals surface area (Å²) in [6.07, 6.45) is 0.102. The highest BCUT2D eigenvalue weighted by atomic mass is 16.5. The van der Waals surface area contributed by atoms with Crippen molar-refractivity contribution in [1.29, 1.82) is 0 Å². The fourth-order valence-corrected chi connectivity index (χ4v) is 1.67. The molecule has 1 rings (SSSR count). The summed E-state index contributed by atoms with van der Waals surface area (Å²) >= 11 is 0. The molecule has 1 aliphatic rings. The van der Waals surface area contributed by atoms with Crippen LogP contribution in [0.3, 0.4) is 0 Å². The molecule has 0 bridgehead atoms. The van der Waals surface area contributed by atoms with Crippen molar-refractivity contribution in [3.8, 4) is 0 Å². The molecule has 0 saturated carbocycles. The van der Waals surface area contributed by atoms with Crippen molar-refractivity contribution in [3.05, 3.63) is 0 Å². The molecule has 1 saturated heterocycles. The number of hydrogen-bond donors (Lipinski definition) is 0. The molecular formula is C10H17NO3. The molecule has 0 spiro atoms. The summed E-state index contributed by atoms with van der Waals surface area (Å²) in [4.78, 5) is 23.9. The average molecular weight is 199 g/mol. The Morgan fingerprint density at radius 1 is 1.64 bits per heavy atom. The number of amides is 1. The molecule has 1 amide bonds. The van der Waals surface area contributed by atoms with E-state index in [-0.39, 0.29) is 18.0 Å². The number of hydrogen-bond acceptors (Lipinski definition) is 3. The van der Waals surface area contributed by atoms with Gasteiger partial charge in [0.2, 0.25) is 5.91 Å². The predicted octanol–water partition coefficient (Wildman–Crippen LogP) is 0.806. The third-order valence-electron chi connectivity index (χ3n) is 2.10. The summed E-state index contributed by atoms with van der Waals surface area (Å²) in [7, 11) is 0. The highest BCUT2D eigenvalue weighted by Gasteiger charge is 2.31. The first-order valence-electron chi connectivity index (χ1n) is 4.94. The van der Waals surface area contributed by atoms with Gasteiger partial charge in [-0.2, -0.15) is 0 Å². The number of ether oxygens (including phenoxy) is 1. The first-order valence-corrected chi connectivity index (χ1v) is 4.94. The largest absolute Gasteiger partial charge is 0.460 e. The topological polar surface area (TPSA) is 46.6 Å². The fourth-order valence-electron chi connectivity index (χ4n) is 1.67. The van der Waals surface area contributed by atoms with E-state index in [0.717, 1.165) is 6.54 Å². The van der Waals surface area contributed by atoms with E-state index in [0.29, 0.717) is 18.9 Å². The molecule has 80 valence electrons. The lowest BCUT2D eigenvalue weighted by Crippen LogP contribution is -2.30. The van der Waals surface area contributed by atoms with Crippen molar-refractivity contribution in [1.82, 2.24) is 4.90 Å². The quantitative estimate of drug-likeness (QED) is 0.632. The fraction of sp³-hybridized carbons (Fsp3) is 0.800. The molecule has 1 heterocycles. The van der Waals surface area contributed by atoms with E-state index in [9.17, 15) is 9.59 Å². The van der Waals surface area contributed by atoms with Crippen molar-refractivity contribution in [2.75, 3.05) is 13.1 Å². The molecule has 0 aromatic carbocycles. The molecule has 1 atom stereocenters. The summed E-state index contributed by atoms with van der Waals surface area (Å²) in [6.45, 7) is 6.79. The highest BCUT2D eigenvalue weighted by molar-refractivity contribution is 5.79. The number of carbonyl (C=O) groups is 2. The summed E-state index contributed by atoms with van der Waals surface area (Å²) in [5, 5.41) is 0. The van der Waals surface area contributed by atoms with Crippen LogP contribution < -0.4 is 0 Å². The molecule has 0 N–H and O–H groups in total. The molecule has 0 aromatic rings. The average Bonchev–Trinajstić information content (AvgIpc) is 2.28. The maximum atomic E-state index is 11.4. The number of esters is 1. The highest BCUT2D eigenvalue weighted by Crippen LogP contribution is 2.15. The third-order valence-corrected chi connectivity index (χ3v) is 2.10. The van der Waals surface area contributed by atoms with Crippen LogP contribution in [0, 0.1) is 5.92 Å². The van der Waals surface area contributed by atoms with Gasteiger partial charge >= 0.3 is 5.97 Å². The van der Waals surface area contributed by atoms with E-state index in [4.69, 9.17) is 4.74 Å². The van der Waals surface area contributed by atoms with Gasteiger partial charge in [-0.25, -0.2) is 0 Å². The second-order valence-corrected chi connectivity index (χ2v) is 4.13. The first-order chi connectivity index (χ1) is 6.49. The molecule has 14 heavy (non-hydrogen) atoms. The number of likely N-dealkylation sites (tertiary alicyclic amines) is 1. The van der Waals surface area contributed by atoms with Crippen LogP contribution in [0.15, 0.2) is 0 Å². The van der Waals surface area contributed by atoms with Crippen LogP contribution in [0.25, 0.3) is 0 Å². The van der Waals surface area contributed by atoms with Crippen LogP contribution >= 0.6 is 0 Å². The Kier molecular flexibility index (Phi) is 3.49. The van der Waals surface area contributed by atoms with E-state index in [2.05, 4.69) is 13.8 Å². The third kappa shape index (κ3) is 3.01. The Balaban J connectivity index is 2.43. The van der Waals surface area contributed by atoms with E-state index in [1.165, 1.54) is 6.92 Å². The van der Waals surface area contributed by atoms with Crippen LogP contribution in [-0.4, -0.2) is 36.0 Å². The van der Waals surface area contributed by atoms with Crippen molar-refractivity contribution < 1.29 is 14.3 Å². The molecule has 1 aliphatic heterocycles. The molecule has 4 nitrogen and oxygen atoms in total. The van der Waals surface area contributed by atoms with Gasteiger partial charge in [0.05, 0.1) is 13.0 Å². The van der Waals surface area contributed by atoms with Gasteiger partial charge in [-0.3, -0.25) is 9.59 Å². The Morgan fingerprint density at radius 3 is 2.79 bits per heavy atom. The minimum Gasteiger partial charge on any atom is -0.460 e. The van der Waals surface area contributed by atoms with Crippen LogP contribution in [0.1, 0.15) is 27.2 Å². The maximum Gasteiger partial charge on any atom is 0.302 e. The van der Waals surface area contributed by atoms with Crippen molar-refractivity contribution >= 4 is 11.9 Å². The Labute approximate surface area is 84.2 Å². The zero-order valence-corrected chi connectivity index (χ0v) is 8.95. The second-order valence-electron chi connectivity index (χ2n) is 4.13. The molecule has 1 fully saturated rings. The minimum absolute atomic E-state index is 0.0879. The van der Waals surface area contributed by atoms with Crippen LogP contribution in [0.2, 0.25) is 0 Å². The van der Waals surface area contributed by atoms with Gasteiger partial charge in [0, 0.05) is 13.5 Å². The van der Waals surface area contributed by atoms with E-state index < -0.39 is 0 Å². The van der Waals surface area contributed by atoms with Gasteiger partial charge < -0.3 is 9.64 Å². The molecule has 0 aliphatic carbocycles. The monoisotopic (exact) mass is 199 g/mol. The van der Waals surface area contributed by atoms with Gasteiger partial charge in [-0.05, 0) is 5.92 Å². The van der Waals surface area contributed by atoms with Gasteiger partial charge in [-0.1, -0.05) is 13.8 Å². The molecule has 0 aromatic heterocycles. The van der Waals surface area contributed by atoms with Crippen molar-refractivity contribution in [2.24, 2.45) is 5.92 Å². The summed E-state index contributed by atoms with van der Waals surface area (Å²) in [5.41, 5.74) is 0. The lowest BCUT2D eigenvalue weighted by atomic mass is 10.2. The first kappa shape index (κ1) is 11.0. The smallest absolute Gasteiger partial charge is 0.302 e.